The molecule has 0 saturated heterocycles. The van der Waals surface area contributed by atoms with Crippen LogP contribution in [0.25, 0.3) is 11.0 Å². The Morgan fingerprint density at radius 1 is 1.12 bits per heavy atom. The van der Waals surface area contributed by atoms with Gasteiger partial charge >= 0.3 is 0 Å². The lowest BCUT2D eigenvalue weighted by atomic mass is 10.2. The number of imidazole rings is 1. The Hall–Kier alpha value is -2.34. The van der Waals surface area contributed by atoms with E-state index >= 15 is 0 Å². The molecule has 2 aromatic carbocycles. The number of hydrogen-bond acceptors (Lipinski definition) is 4. The summed E-state index contributed by atoms with van der Waals surface area (Å²) in [6.45, 7) is 5.92. The highest BCUT2D eigenvalue weighted by molar-refractivity contribution is 7.90. The monoisotopic (exact) mass is 344 g/mol. The van der Waals surface area contributed by atoms with E-state index < -0.39 is 10.0 Å². The van der Waals surface area contributed by atoms with Crippen LogP contribution in [0.5, 0.6) is 5.75 Å². The van der Waals surface area contributed by atoms with Gasteiger partial charge in [0.15, 0.2) is 0 Å². The standard InChI is InChI=1S/C18H20N2O3S/c1-4-14-10-11-17(23-5-2)18(12-14)24(21,22)20-13(3)19-15-8-6-7-9-16(15)20/h6-12H,4-5H2,1-3H3. The first kappa shape index (κ1) is 16.5. The topological polar surface area (TPSA) is 61.2 Å². The molecule has 126 valence electrons. The van der Waals surface area contributed by atoms with E-state index in [9.17, 15) is 8.42 Å². The SMILES string of the molecule is CCOc1ccc(CC)cc1S(=O)(=O)n1c(C)nc2ccccc21. The van der Waals surface area contributed by atoms with Crippen LogP contribution < -0.4 is 4.74 Å². The average molecular weight is 344 g/mol. The number of para-hydroxylation sites is 2. The van der Waals surface area contributed by atoms with Gasteiger partial charge in [0, 0.05) is 0 Å². The largest absolute Gasteiger partial charge is 0.492 e. The van der Waals surface area contributed by atoms with Gasteiger partial charge < -0.3 is 4.74 Å². The molecule has 0 N–H and O–H groups in total. The van der Waals surface area contributed by atoms with Gasteiger partial charge in [-0.2, -0.15) is 0 Å². The Balaban J connectivity index is 2.29. The van der Waals surface area contributed by atoms with Crippen molar-refractivity contribution in [2.24, 2.45) is 0 Å². The fraction of sp³-hybridized carbons (Fsp3) is 0.278. The molecule has 0 aliphatic carbocycles. The Morgan fingerprint density at radius 2 is 1.88 bits per heavy atom. The van der Waals surface area contributed by atoms with E-state index in [1.54, 1.807) is 37.3 Å². The molecule has 0 aliphatic heterocycles. The molecule has 24 heavy (non-hydrogen) atoms. The first-order valence-electron chi connectivity index (χ1n) is 7.94. The number of aromatic nitrogens is 2. The first-order valence-corrected chi connectivity index (χ1v) is 9.38. The van der Waals surface area contributed by atoms with Gasteiger partial charge in [0.25, 0.3) is 10.0 Å². The second-order valence-electron chi connectivity index (χ2n) is 5.48. The van der Waals surface area contributed by atoms with Gasteiger partial charge in [0.2, 0.25) is 0 Å². The summed E-state index contributed by atoms with van der Waals surface area (Å²) in [4.78, 5) is 4.54. The lowest BCUT2D eigenvalue weighted by molar-refractivity contribution is 0.331. The minimum absolute atomic E-state index is 0.176. The summed E-state index contributed by atoms with van der Waals surface area (Å²) < 4.78 is 33.5. The van der Waals surface area contributed by atoms with Gasteiger partial charge in [-0.3, -0.25) is 0 Å². The van der Waals surface area contributed by atoms with Crippen LogP contribution in [0.15, 0.2) is 47.4 Å². The van der Waals surface area contributed by atoms with Crippen molar-refractivity contribution in [3.63, 3.8) is 0 Å². The molecule has 0 bridgehead atoms. The van der Waals surface area contributed by atoms with Crippen molar-refractivity contribution in [3.05, 3.63) is 53.9 Å². The predicted octanol–water partition coefficient (Wildman–Crippen LogP) is 3.54. The molecule has 0 unspecified atom stereocenters. The van der Waals surface area contributed by atoms with Crippen LogP contribution in [0.1, 0.15) is 25.2 Å². The molecule has 0 aliphatic rings. The number of ether oxygens (including phenoxy) is 1. The molecular weight excluding hydrogens is 324 g/mol. The van der Waals surface area contributed by atoms with Crippen LogP contribution in [-0.2, 0) is 16.4 Å². The third kappa shape index (κ3) is 2.67. The number of benzene rings is 2. The van der Waals surface area contributed by atoms with Crippen LogP contribution in [0.3, 0.4) is 0 Å². The summed E-state index contributed by atoms with van der Waals surface area (Å²) >= 11 is 0. The van der Waals surface area contributed by atoms with Crippen LogP contribution in [0.4, 0.5) is 0 Å². The maximum Gasteiger partial charge on any atom is 0.273 e. The van der Waals surface area contributed by atoms with Crippen LogP contribution in [0.2, 0.25) is 0 Å². The fourth-order valence-electron chi connectivity index (χ4n) is 2.77. The summed E-state index contributed by atoms with van der Waals surface area (Å²) in [7, 11) is -3.81. The van der Waals surface area contributed by atoms with E-state index in [2.05, 4.69) is 4.98 Å². The molecule has 3 rings (SSSR count). The van der Waals surface area contributed by atoms with E-state index in [4.69, 9.17) is 4.74 Å². The number of hydrogen-bond donors (Lipinski definition) is 0. The third-order valence-corrected chi connectivity index (χ3v) is 5.73. The molecular formula is C18H20N2O3S. The zero-order chi connectivity index (χ0) is 17.3. The summed E-state index contributed by atoms with van der Waals surface area (Å²) in [6.07, 6.45) is 0.749. The van der Waals surface area contributed by atoms with Gasteiger partial charge in [-0.1, -0.05) is 25.1 Å². The lowest BCUT2D eigenvalue weighted by Crippen LogP contribution is -2.16. The zero-order valence-electron chi connectivity index (χ0n) is 14.0. The Bertz CT molecular complexity index is 991. The molecule has 1 heterocycles. The van der Waals surface area contributed by atoms with Crippen molar-refractivity contribution in [1.29, 1.82) is 0 Å². The van der Waals surface area contributed by atoms with Crippen molar-refractivity contribution in [3.8, 4) is 5.75 Å². The number of fused-ring (bicyclic) bond motifs is 1. The summed E-state index contributed by atoms with van der Waals surface area (Å²) in [5.41, 5.74) is 2.17. The minimum Gasteiger partial charge on any atom is -0.492 e. The smallest absolute Gasteiger partial charge is 0.273 e. The number of aryl methyl sites for hydroxylation is 2. The highest BCUT2D eigenvalue weighted by Crippen LogP contribution is 2.30. The normalized spacial score (nSPS) is 11.8. The molecule has 0 saturated carbocycles. The second-order valence-corrected chi connectivity index (χ2v) is 7.24. The maximum absolute atomic E-state index is 13.3. The highest BCUT2D eigenvalue weighted by atomic mass is 32.2. The quantitative estimate of drug-likeness (QED) is 0.710. The molecule has 0 radical (unpaired) electrons. The molecule has 3 aromatic rings. The van der Waals surface area contributed by atoms with Gasteiger partial charge in [-0.25, -0.2) is 17.4 Å². The molecule has 6 heteroatoms. The van der Waals surface area contributed by atoms with Gasteiger partial charge in [-0.05, 0) is 50.1 Å². The molecule has 0 fully saturated rings. The molecule has 1 aromatic heterocycles. The van der Waals surface area contributed by atoms with E-state index in [-0.39, 0.29) is 4.90 Å². The molecule has 0 amide bonds. The Kier molecular flexibility index (Phi) is 4.32. The highest BCUT2D eigenvalue weighted by Gasteiger charge is 2.26. The Morgan fingerprint density at radius 3 is 2.58 bits per heavy atom. The Labute approximate surface area is 142 Å². The molecule has 0 atom stereocenters. The predicted molar refractivity (Wildman–Crippen MR) is 94.0 cm³/mol. The summed E-state index contributed by atoms with van der Waals surface area (Å²) in [6, 6.07) is 12.5. The molecule has 0 spiro atoms. The van der Waals surface area contributed by atoms with E-state index in [1.165, 1.54) is 3.97 Å². The fourth-order valence-corrected chi connectivity index (χ4v) is 4.46. The minimum atomic E-state index is -3.81. The van der Waals surface area contributed by atoms with Crippen LogP contribution in [0, 0.1) is 6.92 Å². The zero-order valence-corrected chi connectivity index (χ0v) is 14.8. The van der Waals surface area contributed by atoms with Crippen molar-refractivity contribution in [2.45, 2.75) is 32.1 Å². The summed E-state index contributed by atoms with van der Waals surface area (Å²) in [5.74, 6) is 0.799. The maximum atomic E-state index is 13.3. The van der Waals surface area contributed by atoms with Crippen molar-refractivity contribution >= 4 is 21.1 Å². The first-order chi connectivity index (χ1) is 11.5. The number of nitrogens with zero attached hydrogens (tertiary/aromatic N) is 2. The lowest BCUT2D eigenvalue weighted by Gasteiger charge is -2.14. The molecule has 5 nitrogen and oxygen atoms in total. The van der Waals surface area contributed by atoms with Crippen molar-refractivity contribution < 1.29 is 13.2 Å². The average Bonchev–Trinajstić information content (AvgIpc) is 2.91. The summed E-state index contributed by atoms with van der Waals surface area (Å²) in [5, 5.41) is 0. The van der Waals surface area contributed by atoms with E-state index in [0.29, 0.717) is 29.2 Å². The second kappa shape index (κ2) is 6.28. The van der Waals surface area contributed by atoms with Crippen molar-refractivity contribution in [2.75, 3.05) is 6.61 Å². The van der Waals surface area contributed by atoms with Gasteiger partial charge in [0.1, 0.15) is 16.5 Å². The van der Waals surface area contributed by atoms with Gasteiger partial charge in [-0.15, -0.1) is 0 Å². The van der Waals surface area contributed by atoms with Crippen LogP contribution >= 0.6 is 0 Å². The van der Waals surface area contributed by atoms with E-state index in [1.807, 2.05) is 26.0 Å². The number of rotatable bonds is 5. The van der Waals surface area contributed by atoms with E-state index in [0.717, 1.165) is 12.0 Å². The van der Waals surface area contributed by atoms with Crippen molar-refractivity contribution in [1.82, 2.24) is 8.96 Å². The van der Waals surface area contributed by atoms with Gasteiger partial charge in [0.05, 0.1) is 17.6 Å². The van der Waals surface area contributed by atoms with Crippen LogP contribution in [-0.4, -0.2) is 24.0 Å². The third-order valence-electron chi connectivity index (χ3n) is 3.91.